The van der Waals surface area contributed by atoms with Crippen molar-refractivity contribution < 1.29 is 14.2 Å². The molecule has 1 saturated heterocycles. The van der Waals surface area contributed by atoms with Crippen LogP contribution in [0.3, 0.4) is 0 Å². The zero-order valence-electron chi connectivity index (χ0n) is 13.8. The maximum absolute atomic E-state index is 13.8. The highest BCUT2D eigenvalue weighted by molar-refractivity contribution is 6.30. The number of halogens is 2. The topological polar surface area (TPSA) is 48.8 Å². The van der Waals surface area contributed by atoms with Crippen LogP contribution in [0.25, 0.3) is 0 Å². The van der Waals surface area contributed by atoms with Crippen molar-refractivity contribution in [1.29, 1.82) is 0 Å². The molecule has 2 heterocycles. The van der Waals surface area contributed by atoms with Gasteiger partial charge in [-0.2, -0.15) is 0 Å². The summed E-state index contributed by atoms with van der Waals surface area (Å²) in [6.45, 7) is 3.59. The lowest BCUT2D eigenvalue weighted by atomic mass is 10.2. The molecule has 1 unspecified atom stereocenters. The van der Waals surface area contributed by atoms with Gasteiger partial charge in [-0.15, -0.1) is 0 Å². The number of anilines is 1. The number of piperazine rings is 1. The molecule has 134 valence electrons. The van der Waals surface area contributed by atoms with E-state index in [1.807, 2.05) is 4.90 Å². The molecular weight excluding hydrogens is 345 g/mol. The van der Waals surface area contributed by atoms with Gasteiger partial charge in [-0.1, -0.05) is 11.6 Å². The molecular formula is C18H21ClFN3O2. The number of pyridine rings is 1. The molecule has 25 heavy (non-hydrogen) atoms. The van der Waals surface area contributed by atoms with E-state index in [1.165, 1.54) is 6.07 Å². The van der Waals surface area contributed by atoms with E-state index in [4.69, 9.17) is 16.3 Å². The summed E-state index contributed by atoms with van der Waals surface area (Å²) in [5, 5.41) is 10.8. The Morgan fingerprint density at radius 1 is 1.16 bits per heavy atom. The van der Waals surface area contributed by atoms with Gasteiger partial charge in [0.25, 0.3) is 0 Å². The third-order valence-electron chi connectivity index (χ3n) is 4.14. The zero-order valence-corrected chi connectivity index (χ0v) is 14.6. The number of aliphatic hydroxyl groups excluding tert-OH is 1. The Bertz CT molecular complexity index is 678. The van der Waals surface area contributed by atoms with Gasteiger partial charge in [-0.3, -0.25) is 4.90 Å². The lowest BCUT2D eigenvalue weighted by molar-refractivity contribution is 0.0662. The van der Waals surface area contributed by atoms with Crippen LogP contribution in [-0.2, 0) is 0 Å². The first kappa shape index (κ1) is 17.9. The van der Waals surface area contributed by atoms with Gasteiger partial charge in [0.15, 0.2) is 11.6 Å². The molecule has 1 aliphatic heterocycles. The third kappa shape index (κ3) is 5.04. The number of ether oxygens (including phenoxy) is 1. The molecule has 0 saturated carbocycles. The van der Waals surface area contributed by atoms with Crippen molar-refractivity contribution in [2.75, 3.05) is 44.2 Å². The third-order valence-corrected chi connectivity index (χ3v) is 4.39. The first-order valence-corrected chi connectivity index (χ1v) is 8.64. The summed E-state index contributed by atoms with van der Waals surface area (Å²) in [5.74, 6) is 0.778. The van der Waals surface area contributed by atoms with E-state index < -0.39 is 6.10 Å². The fraction of sp³-hybridized carbons (Fsp3) is 0.389. The molecule has 5 nitrogen and oxygen atoms in total. The van der Waals surface area contributed by atoms with Gasteiger partial charge in [-0.05, 0) is 36.4 Å². The molecule has 1 aromatic heterocycles. The van der Waals surface area contributed by atoms with Crippen LogP contribution < -0.4 is 9.64 Å². The second kappa shape index (κ2) is 8.47. The molecule has 7 heteroatoms. The average Bonchev–Trinajstić information content (AvgIpc) is 2.62. The summed E-state index contributed by atoms with van der Waals surface area (Å²) in [5.41, 5.74) is 0. The summed E-state index contributed by atoms with van der Waals surface area (Å²) in [6, 6.07) is 10.1. The van der Waals surface area contributed by atoms with Crippen LogP contribution in [0.1, 0.15) is 0 Å². The van der Waals surface area contributed by atoms with Crippen LogP contribution in [0.5, 0.6) is 5.75 Å². The molecule has 0 radical (unpaired) electrons. The van der Waals surface area contributed by atoms with Crippen LogP contribution in [-0.4, -0.2) is 60.4 Å². The number of β-amino-alcohol motifs (C(OH)–C–C–N with tert-alkyl or cyclic N) is 1. The van der Waals surface area contributed by atoms with Crippen molar-refractivity contribution in [1.82, 2.24) is 9.88 Å². The molecule has 3 rings (SSSR count). The van der Waals surface area contributed by atoms with Crippen LogP contribution in [0.15, 0.2) is 42.6 Å². The number of benzene rings is 1. The van der Waals surface area contributed by atoms with E-state index in [0.717, 1.165) is 13.1 Å². The molecule has 0 spiro atoms. The largest absolute Gasteiger partial charge is 0.491 e. The minimum Gasteiger partial charge on any atom is -0.491 e. The maximum atomic E-state index is 13.8. The van der Waals surface area contributed by atoms with E-state index in [2.05, 4.69) is 9.88 Å². The quantitative estimate of drug-likeness (QED) is 0.852. The zero-order chi connectivity index (χ0) is 17.6. The second-order valence-corrected chi connectivity index (χ2v) is 6.45. The fourth-order valence-corrected chi connectivity index (χ4v) is 2.95. The van der Waals surface area contributed by atoms with Crippen molar-refractivity contribution in [3.8, 4) is 5.75 Å². The first-order chi connectivity index (χ1) is 12.1. The molecule has 1 atom stereocenters. The minimum absolute atomic E-state index is 0.219. The van der Waals surface area contributed by atoms with Crippen molar-refractivity contribution in [2.24, 2.45) is 0 Å². The Labute approximate surface area is 151 Å². The lowest BCUT2D eigenvalue weighted by Gasteiger charge is -2.36. The lowest BCUT2D eigenvalue weighted by Crippen LogP contribution is -2.49. The van der Waals surface area contributed by atoms with Gasteiger partial charge >= 0.3 is 0 Å². The fourth-order valence-electron chi connectivity index (χ4n) is 2.83. The number of rotatable bonds is 6. The highest BCUT2D eigenvalue weighted by Gasteiger charge is 2.22. The van der Waals surface area contributed by atoms with E-state index >= 15 is 0 Å². The van der Waals surface area contributed by atoms with Gasteiger partial charge in [-0.25, -0.2) is 9.37 Å². The van der Waals surface area contributed by atoms with Gasteiger partial charge in [0.05, 0.1) is 0 Å². The molecule has 2 aromatic rings. The average molecular weight is 366 g/mol. The number of hydrogen-bond acceptors (Lipinski definition) is 5. The predicted octanol–water partition coefficient (Wildman–Crippen LogP) is 2.44. The molecule has 1 aliphatic rings. The van der Waals surface area contributed by atoms with Gasteiger partial charge < -0.3 is 14.7 Å². The van der Waals surface area contributed by atoms with Crippen molar-refractivity contribution in [3.05, 3.63) is 53.4 Å². The van der Waals surface area contributed by atoms with E-state index in [-0.39, 0.29) is 12.4 Å². The molecule has 0 amide bonds. The van der Waals surface area contributed by atoms with Crippen molar-refractivity contribution in [2.45, 2.75) is 6.10 Å². The number of aromatic nitrogens is 1. The van der Waals surface area contributed by atoms with E-state index in [1.54, 1.807) is 36.5 Å². The Balaban J connectivity index is 1.42. The summed E-state index contributed by atoms with van der Waals surface area (Å²) >= 11 is 5.83. The van der Waals surface area contributed by atoms with Crippen LogP contribution in [0, 0.1) is 5.82 Å². The monoisotopic (exact) mass is 365 g/mol. The Morgan fingerprint density at radius 3 is 2.56 bits per heavy atom. The molecule has 0 aliphatic carbocycles. The summed E-state index contributed by atoms with van der Waals surface area (Å²) in [6.07, 6.45) is 1.01. The number of hydrogen-bond donors (Lipinski definition) is 1. The molecule has 1 fully saturated rings. The van der Waals surface area contributed by atoms with E-state index in [0.29, 0.717) is 36.2 Å². The van der Waals surface area contributed by atoms with E-state index in [9.17, 15) is 9.50 Å². The van der Waals surface area contributed by atoms with Crippen molar-refractivity contribution in [3.63, 3.8) is 0 Å². The van der Waals surface area contributed by atoms with Crippen LogP contribution in [0.4, 0.5) is 10.2 Å². The SMILES string of the molecule is OC(COc1ccc(Cl)cc1)CN1CCN(c2ncccc2F)CC1. The Kier molecular flexibility index (Phi) is 6.07. The van der Waals surface area contributed by atoms with Crippen LogP contribution >= 0.6 is 11.6 Å². The Morgan fingerprint density at radius 2 is 1.88 bits per heavy atom. The van der Waals surface area contributed by atoms with Gasteiger partial charge in [0.1, 0.15) is 18.5 Å². The number of aliphatic hydroxyl groups is 1. The first-order valence-electron chi connectivity index (χ1n) is 8.26. The minimum atomic E-state index is -0.589. The second-order valence-electron chi connectivity index (χ2n) is 6.02. The van der Waals surface area contributed by atoms with Crippen LogP contribution in [0.2, 0.25) is 5.02 Å². The normalized spacial score (nSPS) is 16.7. The standard InChI is InChI=1S/C18H21ClFN3O2/c19-14-3-5-16(6-4-14)25-13-15(24)12-22-8-10-23(11-9-22)18-17(20)2-1-7-21-18/h1-7,15,24H,8-13H2. The predicted molar refractivity (Wildman–Crippen MR) is 95.8 cm³/mol. The summed E-state index contributed by atoms with van der Waals surface area (Å²) in [7, 11) is 0. The Hall–Kier alpha value is -1.89. The molecule has 0 bridgehead atoms. The molecule has 1 aromatic carbocycles. The van der Waals surface area contributed by atoms with Crippen molar-refractivity contribution >= 4 is 17.4 Å². The number of nitrogens with zero attached hydrogens (tertiary/aromatic N) is 3. The van der Waals surface area contributed by atoms with Gasteiger partial charge in [0, 0.05) is 43.9 Å². The van der Waals surface area contributed by atoms with Gasteiger partial charge in [0.2, 0.25) is 0 Å². The smallest absolute Gasteiger partial charge is 0.165 e. The highest BCUT2D eigenvalue weighted by atomic mass is 35.5. The highest BCUT2D eigenvalue weighted by Crippen LogP contribution is 2.18. The summed E-state index contributed by atoms with van der Waals surface area (Å²) in [4.78, 5) is 8.19. The maximum Gasteiger partial charge on any atom is 0.165 e. The molecule has 1 N–H and O–H groups in total. The summed E-state index contributed by atoms with van der Waals surface area (Å²) < 4.78 is 19.4.